The molecule has 1 aromatic heterocycles. The highest BCUT2D eigenvalue weighted by molar-refractivity contribution is 6.31. The van der Waals surface area contributed by atoms with Crippen LogP contribution in [0.5, 0.6) is 5.75 Å². The highest BCUT2D eigenvalue weighted by Gasteiger charge is 2.32. The number of hydrogen-bond donors (Lipinski definition) is 1. The van der Waals surface area contributed by atoms with Crippen LogP contribution in [0.4, 0.5) is 0 Å². The Balaban J connectivity index is 0.00000210. The molecule has 1 aliphatic rings. The minimum absolute atomic E-state index is 0. The molecular weight excluding hydrogens is 387 g/mol. The molecule has 1 amide bonds. The predicted molar refractivity (Wildman–Crippen MR) is 108 cm³/mol. The van der Waals surface area contributed by atoms with Crippen molar-refractivity contribution >= 4 is 40.9 Å². The Kier molecular flexibility index (Phi) is 5.95. The standard InChI is InChI=1S/C20H19ClN2O3.ClH/c1-25-18-5-3-2-4-15(18)16-12-22-8-9-23(16)20(24)19-11-13-10-14(21)6-7-17(13)26-19;/h2-7,10-11,16,22H,8-9,12H2,1H3;1H. The molecule has 2 heterocycles. The smallest absolute Gasteiger partial charge is 0.290 e. The first kappa shape index (κ1) is 19.5. The van der Waals surface area contributed by atoms with E-state index >= 15 is 0 Å². The molecule has 27 heavy (non-hydrogen) atoms. The topological polar surface area (TPSA) is 54.7 Å². The molecule has 7 heteroatoms. The van der Waals surface area contributed by atoms with E-state index in [1.165, 1.54) is 0 Å². The van der Waals surface area contributed by atoms with Gasteiger partial charge in [-0.3, -0.25) is 4.79 Å². The normalized spacial score (nSPS) is 16.8. The zero-order chi connectivity index (χ0) is 18.1. The van der Waals surface area contributed by atoms with Crippen molar-refractivity contribution in [1.82, 2.24) is 10.2 Å². The molecule has 1 atom stereocenters. The van der Waals surface area contributed by atoms with E-state index in [4.69, 9.17) is 20.8 Å². The first-order valence-electron chi connectivity index (χ1n) is 8.51. The molecule has 2 aromatic carbocycles. The van der Waals surface area contributed by atoms with Gasteiger partial charge in [-0.2, -0.15) is 0 Å². The first-order chi connectivity index (χ1) is 12.7. The van der Waals surface area contributed by atoms with E-state index in [2.05, 4.69) is 5.32 Å². The Morgan fingerprint density at radius 1 is 1.26 bits per heavy atom. The summed E-state index contributed by atoms with van der Waals surface area (Å²) in [6.07, 6.45) is 0. The second-order valence-corrected chi connectivity index (χ2v) is 6.69. The Morgan fingerprint density at radius 2 is 2.07 bits per heavy atom. The largest absolute Gasteiger partial charge is 0.496 e. The Labute approximate surface area is 168 Å². The molecule has 0 aliphatic carbocycles. The lowest BCUT2D eigenvalue weighted by Crippen LogP contribution is -2.48. The summed E-state index contributed by atoms with van der Waals surface area (Å²) in [6, 6.07) is 14.8. The van der Waals surface area contributed by atoms with Crippen LogP contribution in [-0.4, -0.2) is 37.6 Å². The molecule has 0 saturated carbocycles. The van der Waals surface area contributed by atoms with Crippen molar-refractivity contribution in [3.05, 3.63) is 64.9 Å². The number of furan rings is 1. The monoisotopic (exact) mass is 406 g/mol. The summed E-state index contributed by atoms with van der Waals surface area (Å²) in [5.41, 5.74) is 1.64. The molecule has 5 nitrogen and oxygen atoms in total. The van der Waals surface area contributed by atoms with E-state index in [0.29, 0.717) is 29.5 Å². The van der Waals surface area contributed by atoms with Crippen LogP contribution in [0.2, 0.25) is 5.02 Å². The number of methoxy groups -OCH3 is 1. The summed E-state index contributed by atoms with van der Waals surface area (Å²) in [5.74, 6) is 0.967. The van der Waals surface area contributed by atoms with Crippen molar-refractivity contribution in [3.8, 4) is 5.75 Å². The van der Waals surface area contributed by atoms with Gasteiger partial charge in [-0.15, -0.1) is 12.4 Å². The number of para-hydroxylation sites is 1. The van der Waals surface area contributed by atoms with Gasteiger partial charge in [0.05, 0.1) is 13.2 Å². The summed E-state index contributed by atoms with van der Waals surface area (Å²) in [5, 5.41) is 4.80. The number of carbonyl (C=O) groups excluding carboxylic acids is 1. The average molecular weight is 407 g/mol. The van der Waals surface area contributed by atoms with E-state index in [0.717, 1.165) is 23.2 Å². The van der Waals surface area contributed by atoms with E-state index in [-0.39, 0.29) is 24.4 Å². The van der Waals surface area contributed by atoms with Crippen molar-refractivity contribution in [1.29, 1.82) is 0 Å². The van der Waals surface area contributed by atoms with E-state index < -0.39 is 0 Å². The molecule has 142 valence electrons. The fourth-order valence-corrected chi connectivity index (χ4v) is 3.61. The van der Waals surface area contributed by atoms with Crippen LogP contribution >= 0.6 is 24.0 Å². The van der Waals surface area contributed by atoms with Gasteiger partial charge >= 0.3 is 0 Å². The molecule has 1 aliphatic heterocycles. The van der Waals surface area contributed by atoms with Gasteiger partial charge < -0.3 is 19.4 Å². The minimum atomic E-state index is -0.130. The van der Waals surface area contributed by atoms with Crippen LogP contribution in [0.25, 0.3) is 11.0 Å². The molecule has 0 spiro atoms. The number of fused-ring (bicyclic) bond motifs is 1. The van der Waals surface area contributed by atoms with Gasteiger partial charge in [-0.05, 0) is 30.3 Å². The van der Waals surface area contributed by atoms with Gasteiger partial charge in [0.1, 0.15) is 11.3 Å². The molecule has 1 fully saturated rings. The zero-order valence-corrected chi connectivity index (χ0v) is 16.3. The molecule has 4 rings (SSSR count). The molecule has 1 N–H and O–H groups in total. The number of amides is 1. The maximum atomic E-state index is 13.2. The van der Waals surface area contributed by atoms with Crippen molar-refractivity contribution in [2.75, 3.05) is 26.7 Å². The third-order valence-corrected chi connectivity index (χ3v) is 4.93. The third-order valence-electron chi connectivity index (χ3n) is 4.69. The summed E-state index contributed by atoms with van der Waals surface area (Å²) >= 11 is 6.03. The predicted octanol–water partition coefficient (Wildman–Crippen LogP) is 4.30. The summed E-state index contributed by atoms with van der Waals surface area (Å²) in [4.78, 5) is 15.0. The van der Waals surface area contributed by atoms with Crippen LogP contribution in [0.15, 0.2) is 52.9 Å². The highest BCUT2D eigenvalue weighted by Crippen LogP contribution is 2.32. The van der Waals surface area contributed by atoms with Crippen LogP contribution in [0.1, 0.15) is 22.2 Å². The number of carbonyl (C=O) groups is 1. The van der Waals surface area contributed by atoms with Gasteiger partial charge in [0, 0.05) is 35.6 Å². The summed E-state index contributed by atoms with van der Waals surface area (Å²) in [7, 11) is 1.64. The number of hydrogen-bond acceptors (Lipinski definition) is 4. The summed E-state index contributed by atoms with van der Waals surface area (Å²) in [6.45, 7) is 2.00. The van der Waals surface area contributed by atoms with Crippen LogP contribution in [0, 0.1) is 0 Å². The number of nitrogens with zero attached hydrogens (tertiary/aromatic N) is 1. The highest BCUT2D eigenvalue weighted by atomic mass is 35.5. The number of ether oxygens (including phenoxy) is 1. The van der Waals surface area contributed by atoms with Gasteiger partial charge in [-0.25, -0.2) is 0 Å². The first-order valence-corrected chi connectivity index (χ1v) is 8.89. The maximum absolute atomic E-state index is 13.2. The fraction of sp³-hybridized carbons (Fsp3) is 0.250. The van der Waals surface area contributed by atoms with Crippen LogP contribution < -0.4 is 10.1 Å². The van der Waals surface area contributed by atoms with Gasteiger partial charge in [0.25, 0.3) is 5.91 Å². The lowest BCUT2D eigenvalue weighted by Gasteiger charge is -2.36. The lowest BCUT2D eigenvalue weighted by molar-refractivity contribution is 0.0601. The second kappa shape index (κ2) is 8.21. The molecule has 1 unspecified atom stereocenters. The van der Waals surface area contributed by atoms with Crippen LogP contribution in [0.3, 0.4) is 0 Å². The Morgan fingerprint density at radius 3 is 2.89 bits per heavy atom. The molecule has 1 saturated heterocycles. The van der Waals surface area contributed by atoms with Crippen molar-refractivity contribution in [2.24, 2.45) is 0 Å². The molecule has 0 bridgehead atoms. The number of benzene rings is 2. The number of nitrogens with one attached hydrogen (secondary N) is 1. The molecular formula is C20H20Cl2N2O3. The minimum Gasteiger partial charge on any atom is -0.496 e. The Bertz CT molecular complexity index is 957. The molecule has 3 aromatic rings. The van der Waals surface area contributed by atoms with Crippen molar-refractivity contribution in [2.45, 2.75) is 6.04 Å². The molecule has 0 radical (unpaired) electrons. The van der Waals surface area contributed by atoms with Gasteiger partial charge in [0.2, 0.25) is 0 Å². The van der Waals surface area contributed by atoms with Gasteiger partial charge in [0.15, 0.2) is 5.76 Å². The van der Waals surface area contributed by atoms with Crippen LogP contribution in [-0.2, 0) is 0 Å². The maximum Gasteiger partial charge on any atom is 0.290 e. The zero-order valence-electron chi connectivity index (χ0n) is 14.8. The van der Waals surface area contributed by atoms with E-state index in [1.807, 2.05) is 29.2 Å². The third kappa shape index (κ3) is 3.76. The van der Waals surface area contributed by atoms with Gasteiger partial charge in [-0.1, -0.05) is 29.8 Å². The number of halogens is 2. The SMILES string of the molecule is COc1ccccc1C1CNCCN1C(=O)c1cc2cc(Cl)ccc2o1.Cl. The Hall–Kier alpha value is -2.21. The van der Waals surface area contributed by atoms with Crippen molar-refractivity contribution < 1.29 is 13.9 Å². The average Bonchev–Trinajstić information content (AvgIpc) is 3.10. The lowest BCUT2D eigenvalue weighted by atomic mass is 10.0. The number of piperazine rings is 1. The van der Waals surface area contributed by atoms with E-state index in [9.17, 15) is 4.79 Å². The fourth-order valence-electron chi connectivity index (χ4n) is 3.43. The van der Waals surface area contributed by atoms with E-state index in [1.54, 1.807) is 31.4 Å². The summed E-state index contributed by atoms with van der Waals surface area (Å²) < 4.78 is 11.3. The van der Waals surface area contributed by atoms with Crippen molar-refractivity contribution in [3.63, 3.8) is 0 Å². The quantitative estimate of drug-likeness (QED) is 0.704. The number of rotatable bonds is 3. The second-order valence-electron chi connectivity index (χ2n) is 6.25.